The molecule has 0 fully saturated rings. The maximum absolute atomic E-state index is 2.57. The Balaban J connectivity index is 1.21. The topological polar surface area (TPSA) is 3.24 Å². The largest absolute Gasteiger partial charge is 0.310 e. The van der Waals surface area contributed by atoms with Crippen LogP contribution in [0.2, 0.25) is 0 Å². The molecule has 0 N–H and O–H groups in total. The summed E-state index contributed by atoms with van der Waals surface area (Å²) < 4.78 is 0. The van der Waals surface area contributed by atoms with Crippen molar-refractivity contribution in [3.05, 3.63) is 214 Å². The average molecular weight is 790 g/mol. The van der Waals surface area contributed by atoms with Gasteiger partial charge >= 0.3 is 0 Å². The zero-order valence-corrected chi connectivity index (χ0v) is 36.9. The first-order valence-electron chi connectivity index (χ1n) is 22.3. The Morgan fingerprint density at radius 3 is 1.46 bits per heavy atom. The van der Waals surface area contributed by atoms with E-state index in [1.807, 2.05) is 0 Å². The second kappa shape index (κ2) is 13.2. The van der Waals surface area contributed by atoms with Gasteiger partial charge in [-0.3, -0.25) is 0 Å². The first-order chi connectivity index (χ1) is 29.3. The number of allylic oxidation sites excluding steroid dienone is 4. The Labute approximate surface area is 363 Å². The number of hydrogen-bond acceptors (Lipinski definition) is 1. The Morgan fingerprint density at radius 2 is 0.885 bits per heavy atom. The van der Waals surface area contributed by atoms with Crippen molar-refractivity contribution >= 4 is 22.6 Å². The lowest BCUT2D eigenvalue weighted by Crippen LogP contribution is -2.27. The summed E-state index contributed by atoms with van der Waals surface area (Å²) in [6, 6.07) is 56.6. The third-order valence-electron chi connectivity index (χ3n) is 14.4. The smallest absolute Gasteiger partial charge is 0.0726 e. The zero-order chi connectivity index (χ0) is 42.1. The lowest BCUT2D eigenvalue weighted by Gasteiger charge is -2.34. The lowest BCUT2D eigenvalue weighted by molar-refractivity contribution is 0.586. The van der Waals surface area contributed by atoms with Gasteiger partial charge in [-0.05, 0) is 137 Å². The maximum atomic E-state index is 2.57. The molecule has 7 aromatic carbocycles. The average Bonchev–Trinajstić information content (AvgIpc) is 3.81. The van der Waals surface area contributed by atoms with E-state index in [0.717, 1.165) is 12.8 Å². The molecule has 0 heterocycles. The first-order valence-corrected chi connectivity index (χ1v) is 22.3. The molecule has 1 spiro atoms. The van der Waals surface area contributed by atoms with E-state index in [1.54, 1.807) is 0 Å². The molecular weight excluding hydrogens is 735 g/mol. The van der Waals surface area contributed by atoms with Crippen LogP contribution in [-0.2, 0) is 21.7 Å². The molecule has 0 radical (unpaired) electrons. The summed E-state index contributed by atoms with van der Waals surface area (Å²) in [5, 5.41) is 0. The summed E-state index contributed by atoms with van der Waals surface area (Å²) in [6.07, 6.45) is 9.20. The lowest BCUT2D eigenvalue weighted by atomic mass is 9.68. The van der Waals surface area contributed by atoms with Crippen molar-refractivity contribution < 1.29 is 0 Å². The van der Waals surface area contributed by atoms with Crippen molar-refractivity contribution in [2.24, 2.45) is 0 Å². The number of fused-ring (bicyclic) bond motifs is 13. The number of nitrogens with zero attached hydrogens (tertiary/aromatic N) is 1. The molecule has 300 valence electrons. The van der Waals surface area contributed by atoms with Crippen LogP contribution in [0.25, 0.3) is 39.0 Å². The Bertz CT molecular complexity index is 2960. The molecule has 61 heavy (non-hydrogen) atoms. The van der Waals surface area contributed by atoms with Crippen molar-refractivity contribution in [1.29, 1.82) is 0 Å². The third-order valence-corrected chi connectivity index (χ3v) is 14.4. The van der Waals surface area contributed by atoms with E-state index in [4.69, 9.17) is 0 Å². The molecule has 1 heteroatoms. The van der Waals surface area contributed by atoms with E-state index < -0.39 is 5.41 Å². The van der Waals surface area contributed by atoms with E-state index in [1.165, 1.54) is 106 Å². The number of para-hydroxylation sites is 1. The van der Waals surface area contributed by atoms with Gasteiger partial charge in [0, 0.05) is 22.4 Å². The van der Waals surface area contributed by atoms with Crippen molar-refractivity contribution in [2.45, 2.75) is 89.9 Å². The fourth-order valence-electron chi connectivity index (χ4n) is 11.2. The predicted molar refractivity (Wildman–Crippen MR) is 259 cm³/mol. The molecule has 0 atom stereocenters. The van der Waals surface area contributed by atoms with E-state index in [0.29, 0.717) is 0 Å². The van der Waals surface area contributed by atoms with Gasteiger partial charge in [-0.1, -0.05) is 189 Å². The number of anilines is 3. The fourth-order valence-corrected chi connectivity index (χ4v) is 11.2. The van der Waals surface area contributed by atoms with E-state index in [9.17, 15) is 0 Å². The summed E-state index contributed by atoms with van der Waals surface area (Å²) >= 11 is 0. The summed E-state index contributed by atoms with van der Waals surface area (Å²) in [7, 11) is 0. The normalized spacial score (nSPS) is 16.0. The van der Waals surface area contributed by atoms with Crippen molar-refractivity contribution in [1.82, 2.24) is 0 Å². The third kappa shape index (κ3) is 5.45. The van der Waals surface area contributed by atoms with Crippen LogP contribution in [0.1, 0.15) is 118 Å². The molecule has 0 saturated heterocycles. The van der Waals surface area contributed by atoms with Gasteiger partial charge in [0.1, 0.15) is 0 Å². The standard InChI is InChI=1S/C60H55N/c1-57(2,3)39-26-30-47-48-31-27-40(58(4,5)6)35-54(48)60(53(47)34-39)51-24-16-13-22-45(51)49-33-29-42(37-55(49)60)61(56-25-17-14-20-43(56)38-18-10-9-11-19-38)41-28-32-46-44-21-12-15-23-50(44)59(7,8)52(46)36-41/h10,12-37H,9,11H2,1-8H3. The minimum atomic E-state index is -0.490. The molecule has 11 rings (SSSR count). The second-order valence-electron chi connectivity index (χ2n) is 20.4. The Morgan fingerprint density at radius 1 is 0.426 bits per heavy atom. The second-order valence-corrected chi connectivity index (χ2v) is 20.4. The van der Waals surface area contributed by atoms with Gasteiger partial charge in [0.15, 0.2) is 0 Å². The molecule has 0 aliphatic heterocycles. The minimum absolute atomic E-state index is 0.00582. The quantitative estimate of drug-likeness (QED) is 0.172. The Kier molecular flexibility index (Phi) is 8.15. The molecule has 0 saturated carbocycles. The Hall–Kier alpha value is -6.18. The number of rotatable bonds is 4. The highest BCUT2D eigenvalue weighted by Crippen LogP contribution is 2.64. The fraction of sp³-hybridized carbons (Fsp3) is 0.233. The van der Waals surface area contributed by atoms with Gasteiger partial charge < -0.3 is 4.90 Å². The van der Waals surface area contributed by atoms with Crippen LogP contribution in [0.5, 0.6) is 0 Å². The van der Waals surface area contributed by atoms with Gasteiger partial charge in [-0.2, -0.15) is 0 Å². The van der Waals surface area contributed by atoms with Gasteiger partial charge in [-0.15, -0.1) is 0 Å². The van der Waals surface area contributed by atoms with Crippen LogP contribution in [-0.4, -0.2) is 0 Å². The minimum Gasteiger partial charge on any atom is -0.310 e. The van der Waals surface area contributed by atoms with Crippen molar-refractivity contribution in [3.63, 3.8) is 0 Å². The molecule has 0 amide bonds. The molecule has 0 aromatic heterocycles. The molecular formula is C60H55N. The summed E-state index contributed by atoms with van der Waals surface area (Å²) in [4.78, 5) is 2.56. The monoisotopic (exact) mass is 789 g/mol. The summed E-state index contributed by atoms with van der Waals surface area (Å²) in [5.41, 5.74) is 24.5. The summed E-state index contributed by atoms with van der Waals surface area (Å²) in [5.74, 6) is 0. The molecule has 7 aromatic rings. The van der Waals surface area contributed by atoms with Crippen LogP contribution in [0.15, 0.2) is 164 Å². The maximum Gasteiger partial charge on any atom is 0.0726 e. The van der Waals surface area contributed by atoms with Crippen molar-refractivity contribution in [3.8, 4) is 33.4 Å². The summed E-state index contributed by atoms with van der Waals surface area (Å²) in [6.45, 7) is 18.9. The molecule has 4 aliphatic rings. The van der Waals surface area contributed by atoms with Gasteiger partial charge in [0.25, 0.3) is 0 Å². The highest BCUT2D eigenvalue weighted by Gasteiger charge is 2.52. The van der Waals surface area contributed by atoms with Crippen LogP contribution in [0.4, 0.5) is 17.1 Å². The first kappa shape index (κ1) is 37.8. The van der Waals surface area contributed by atoms with Gasteiger partial charge in [0.2, 0.25) is 0 Å². The van der Waals surface area contributed by atoms with Gasteiger partial charge in [0.05, 0.1) is 11.1 Å². The molecule has 1 nitrogen and oxygen atoms in total. The van der Waals surface area contributed by atoms with E-state index >= 15 is 0 Å². The highest BCUT2D eigenvalue weighted by atomic mass is 15.1. The SMILES string of the molecule is CC(C)(C)c1ccc2c(c1)C1(c3ccccc3-c3ccc(N(c4ccc5c(c4)C(C)(C)c4ccccc4-5)c4ccccc4C4=CCCC=C4)cc31)c1cc(C(C)(C)C)ccc1-2. The van der Waals surface area contributed by atoms with Crippen LogP contribution in [0.3, 0.4) is 0 Å². The number of hydrogen-bond donors (Lipinski definition) is 0. The zero-order valence-electron chi connectivity index (χ0n) is 36.9. The van der Waals surface area contributed by atoms with E-state index in [2.05, 4.69) is 224 Å². The molecule has 0 bridgehead atoms. The molecule has 0 unspecified atom stereocenters. The van der Waals surface area contributed by atoms with Gasteiger partial charge in [-0.25, -0.2) is 0 Å². The van der Waals surface area contributed by atoms with E-state index in [-0.39, 0.29) is 16.2 Å². The van der Waals surface area contributed by atoms with Crippen molar-refractivity contribution in [2.75, 3.05) is 4.90 Å². The van der Waals surface area contributed by atoms with Crippen LogP contribution >= 0.6 is 0 Å². The predicted octanol–water partition coefficient (Wildman–Crippen LogP) is 16.1. The van der Waals surface area contributed by atoms with Crippen LogP contribution < -0.4 is 4.90 Å². The molecule has 4 aliphatic carbocycles. The highest BCUT2D eigenvalue weighted by molar-refractivity contribution is 5.98. The van der Waals surface area contributed by atoms with Crippen LogP contribution in [0, 0.1) is 0 Å². The number of benzene rings is 7.